The summed E-state index contributed by atoms with van der Waals surface area (Å²) in [6, 6.07) is 3.20. The fourth-order valence-corrected chi connectivity index (χ4v) is 0.827. The van der Waals surface area contributed by atoms with Crippen molar-refractivity contribution < 1.29 is 4.79 Å². The second-order valence-corrected chi connectivity index (χ2v) is 2.52. The molecular weight excluding hydrogens is 168 g/mol. The van der Waals surface area contributed by atoms with Crippen molar-refractivity contribution in [1.82, 2.24) is 10.3 Å². The molecular formula is C8H12N4O. The summed E-state index contributed by atoms with van der Waals surface area (Å²) >= 11 is 0. The minimum atomic E-state index is -0.182. The van der Waals surface area contributed by atoms with Crippen LogP contribution >= 0.6 is 0 Å². The van der Waals surface area contributed by atoms with Gasteiger partial charge in [0.25, 0.3) is 5.91 Å². The maximum absolute atomic E-state index is 11.3. The summed E-state index contributed by atoms with van der Waals surface area (Å²) < 4.78 is 0. The third kappa shape index (κ3) is 2.72. The van der Waals surface area contributed by atoms with E-state index in [9.17, 15) is 4.79 Å². The highest BCUT2D eigenvalue weighted by Gasteiger charge is 2.03. The molecule has 1 aromatic heterocycles. The third-order valence-corrected chi connectivity index (χ3v) is 1.48. The van der Waals surface area contributed by atoms with E-state index < -0.39 is 0 Å². The topological polar surface area (TPSA) is 94.0 Å². The number of pyridine rings is 1. The standard InChI is InChI=1S/C8H12N4O/c9-3-4-11-8(13)6-1-2-7(10)12-5-6/h1-2,5H,3-4,9H2,(H2,10,12)(H,11,13). The summed E-state index contributed by atoms with van der Waals surface area (Å²) in [5, 5.41) is 2.62. The number of hydrogen-bond donors (Lipinski definition) is 3. The Morgan fingerprint density at radius 3 is 2.85 bits per heavy atom. The number of nitrogens with one attached hydrogen (secondary N) is 1. The van der Waals surface area contributed by atoms with Gasteiger partial charge in [0.2, 0.25) is 0 Å². The van der Waals surface area contributed by atoms with Crippen LogP contribution in [0.3, 0.4) is 0 Å². The Kier molecular flexibility index (Phi) is 3.22. The number of rotatable bonds is 3. The molecule has 0 radical (unpaired) electrons. The predicted octanol–water partition coefficient (Wildman–Crippen LogP) is -0.648. The number of aromatic nitrogens is 1. The molecule has 70 valence electrons. The smallest absolute Gasteiger partial charge is 0.252 e. The fraction of sp³-hybridized carbons (Fsp3) is 0.250. The van der Waals surface area contributed by atoms with Crippen LogP contribution in [-0.2, 0) is 0 Å². The first-order chi connectivity index (χ1) is 6.24. The lowest BCUT2D eigenvalue weighted by Crippen LogP contribution is -2.29. The van der Waals surface area contributed by atoms with Gasteiger partial charge in [0.1, 0.15) is 5.82 Å². The van der Waals surface area contributed by atoms with E-state index in [0.717, 1.165) is 0 Å². The van der Waals surface area contributed by atoms with Crippen molar-refractivity contribution in [3.05, 3.63) is 23.9 Å². The Balaban J connectivity index is 2.61. The molecule has 0 spiro atoms. The van der Waals surface area contributed by atoms with E-state index in [1.54, 1.807) is 12.1 Å². The SMILES string of the molecule is NCCNC(=O)c1ccc(N)nc1. The molecule has 1 aromatic rings. The molecule has 0 aliphatic carbocycles. The number of carbonyl (C=O) groups excluding carboxylic acids is 1. The van der Waals surface area contributed by atoms with Gasteiger partial charge in [-0.1, -0.05) is 0 Å². The number of carbonyl (C=O) groups is 1. The van der Waals surface area contributed by atoms with Crippen molar-refractivity contribution in [2.24, 2.45) is 5.73 Å². The normalized spacial score (nSPS) is 9.62. The van der Waals surface area contributed by atoms with Gasteiger partial charge in [-0.15, -0.1) is 0 Å². The van der Waals surface area contributed by atoms with Gasteiger partial charge in [-0.2, -0.15) is 0 Å². The van der Waals surface area contributed by atoms with Crippen LogP contribution < -0.4 is 16.8 Å². The minimum absolute atomic E-state index is 0.182. The van der Waals surface area contributed by atoms with E-state index in [0.29, 0.717) is 24.5 Å². The van der Waals surface area contributed by atoms with Gasteiger partial charge >= 0.3 is 0 Å². The van der Waals surface area contributed by atoms with Crippen LogP contribution in [0.5, 0.6) is 0 Å². The van der Waals surface area contributed by atoms with Gasteiger partial charge in [-0.3, -0.25) is 4.79 Å². The van der Waals surface area contributed by atoms with Gasteiger partial charge in [0.05, 0.1) is 5.56 Å². The maximum atomic E-state index is 11.3. The molecule has 5 heteroatoms. The Morgan fingerprint density at radius 1 is 1.54 bits per heavy atom. The van der Waals surface area contributed by atoms with E-state index in [4.69, 9.17) is 11.5 Å². The summed E-state index contributed by atoms with van der Waals surface area (Å²) in [5.41, 5.74) is 11.1. The van der Waals surface area contributed by atoms with Crippen molar-refractivity contribution in [1.29, 1.82) is 0 Å². The summed E-state index contributed by atoms with van der Waals surface area (Å²) in [4.78, 5) is 15.1. The van der Waals surface area contributed by atoms with Crippen molar-refractivity contribution in [2.45, 2.75) is 0 Å². The number of amides is 1. The number of nitrogen functional groups attached to an aromatic ring is 1. The number of hydrogen-bond acceptors (Lipinski definition) is 4. The van der Waals surface area contributed by atoms with E-state index in [2.05, 4.69) is 10.3 Å². The number of nitrogens with zero attached hydrogens (tertiary/aromatic N) is 1. The Hall–Kier alpha value is -1.62. The highest BCUT2D eigenvalue weighted by atomic mass is 16.1. The lowest BCUT2D eigenvalue weighted by Gasteiger charge is -2.02. The van der Waals surface area contributed by atoms with Gasteiger partial charge < -0.3 is 16.8 Å². The largest absolute Gasteiger partial charge is 0.384 e. The van der Waals surface area contributed by atoms with Crippen LogP contribution in [0.25, 0.3) is 0 Å². The molecule has 0 saturated heterocycles. The summed E-state index contributed by atoms with van der Waals surface area (Å²) in [5.74, 6) is 0.216. The highest BCUT2D eigenvalue weighted by molar-refractivity contribution is 5.93. The lowest BCUT2D eigenvalue weighted by atomic mass is 10.2. The molecule has 13 heavy (non-hydrogen) atoms. The number of nitrogens with two attached hydrogens (primary N) is 2. The van der Waals surface area contributed by atoms with E-state index in [1.165, 1.54) is 6.20 Å². The molecule has 1 heterocycles. The van der Waals surface area contributed by atoms with Crippen molar-refractivity contribution >= 4 is 11.7 Å². The molecule has 0 unspecified atom stereocenters. The van der Waals surface area contributed by atoms with Crippen LogP contribution in [0, 0.1) is 0 Å². The molecule has 0 fully saturated rings. The summed E-state index contributed by atoms with van der Waals surface area (Å²) in [6.45, 7) is 0.886. The van der Waals surface area contributed by atoms with Gasteiger partial charge in [0, 0.05) is 19.3 Å². The Labute approximate surface area is 76.1 Å². The molecule has 0 aromatic carbocycles. The molecule has 5 N–H and O–H groups in total. The van der Waals surface area contributed by atoms with Crippen LogP contribution in [-0.4, -0.2) is 24.0 Å². The average Bonchev–Trinajstić information content (AvgIpc) is 2.15. The molecule has 0 atom stereocenters. The first-order valence-electron chi connectivity index (χ1n) is 3.94. The quantitative estimate of drug-likeness (QED) is 0.576. The zero-order valence-corrected chi connectivity index (χ0v) is 7.16. The van der Waals surface area contributed by atoms with E-state index >= 15 is 0 Å². The minimum Gasteiger partial charge on any atom is -0.384 e. The summed E-state index contributed by atoms with van der Waals surface area (Å²) in [7, 11) is 0. The maximum Gasteiger partial charge on any atom is 0.252 e. The molecule has 0 saturated carbocycles. The summed E-state index contributed by atoms with van der Waals surface area (Å²) in [6.07, 6.45) is 1.43. The zero-order chi connectivity index (χ0) is 9.68. The first kappa shape index (κ1) is 9.47. The van der Waals surface area contributed by atoms with E-state index in [-0.39, 0.29) is 5.91 Å². The average molecular weight is 180 g/mol. The molecule has 5 nitrogen and oxygen atoms in total. The van der Waals surface area contributed by atoms with Gasteiger partial charge in [0.15, 0.2) is 0 Å². The van der Waals surface area contributed by atoms with Crippen LogP contribution in [0.15, 0.2) is 18.3 Å². The second kappa shape index (κ2) is 4.42. The zero-order valence-electron chi connectivity index (χ0n) is 7.16. The highest BCUT2D eigenvalue weighted by Crippen LogP contribution is 2.00. The fourth-order valence-electron chi connectivity index (χ4n) is 0.827. The van der Waals surface area contributed by atoms with Gasteiger partial charge in [-0.05, 0) is 12.1 Å². The van der Waals surface area contributed by atoms with Crippen LogP contribution in [0.2, 0.25) is 0 Å². The van der Waals surface area contributed by atoms with Crippen molar-refractivity contribution in [3.63, 3.8) is 0 Å². The lowest BCUT2D eigenvalue weighted by molar-refractivity contribution is 0.0954. The van der Waals surface area contributed by atoms with Crippen molar-refractivity contribution in [3.8, 4) is 0 Å². The molecule has 1 amide bonds. The second-order valence-electron chi connectivity index (χ2n) is 2.52. The Bertz CT molecular complexity index is 283. The molecule has 1 rings (SSSR count). The van der Waals surface area contributed by atoms with Crippen LogP contribution in [0.1, 0.15) is 10.4 Å². The Morgan fingerprint density at radius 2 is 2.31 bits per heavy atom. The monoisotopic (exact) mass is 180 g/mol. The number of anilines is 1. The van der Waals surface area contributed by atoms with Crippen molar-refractivity contribution in [2.75, 3.05) is 18.8 Å². The third-order valence-electron chi connectivity index (χ3n) is 1.48. The van der Waals surface area contributed by atoms with Crippen LogP contribution in [0.4, 0.5) is 5.82 Å². The molecule has 0 aliphatic rings. The van der Waals surface area contributed by atoms with Gasteiger partial charge in [-0.25, -0.2) is 4.98 Å². The predicted molar refractivity (Wildman–Crippen MR) is 50.0 cm³/mol. The molecule has 0 bridgehead atoms. The molecule has 0 aliphatic heterocycles. The first-order valence-corrected chi connectivity index (χ1v) is 3.94. The van der Waals surface area contributed by atoms with E-state index in [1.807, 2.05) is 0 Å².